The first-order chi connectivity index (χ1) is 22.8. The van der Waals surface area contributed by atoms with Crippen molar-refractivity contribution in [2.45, 2.75) is 52.4 Å². The van der Waals surface area contributed by atoms with E-state index in [-0.39, 0.29) is 35.6 Å². The maximum absolute atomic E-state index is 13.2. The van der Waals surface area contributed by atoms with Gasteiger partial charge in [0.1, 0.15) is 11.6 Å². The van der Waals surface area contributed by atoms with Gasteiger partial charge < -0.3 is 24.8 Å². The molecule has 0 saturated heterocycles. The zero-order chi connectivity index (χ0) is 34.5. The van der Waals surface area contributed by atoms with Crippen molar-refractivity contribution in [2.75, 3.05) is 0 Å². The molecule has 7 aromatic carbocycles. The summed E-state index contributed by atoms with van der Waals surface area (Å²) in [6, 6.07) is 48.6. The summed E-state index contributed by atoms with van der Waals surface area (Å²) in [6.45, 7) is 13.6. The van der Waals surface area contributed by atoms with Crippen molar-refractivity contribution < 1.29 is 57.5 Å². The predicted octanol–water partition coefficient (Wildman–Crippen LogP) is 6.47. The van der Waals surface area contributed by atoms with Gasteiger partial charge in [0.05, 0.1) is 0 Å². The van der Waals surface area contributed by atoms with Crippen molar-refractivity contribution in [3.05, 3.63) is 179 Å². The second kappa shape index (κ2) is 17.6. The molecule has 0 heterocycles. The molecule has 0 aliphatic rings. The van der Waals surface area contributed by atoms with E-state index in [1.54, 1.807) is 30.3 Å². The van der Waals surface area contributed by atoms with Crippen LogP contribution in [0.2, 0.25) is 0 Å². The number of fused-ring (bicyclic) bond motifs is 3. The van der Waals surface area contributed by atoms with Gasteiger partial charge in [-0.3, -0.25) is 0 Å². The summed E-state index contributed by atoms with van der Waals surface area (Å²) in [7, 11) is 0. The van der Waals surface area contributed by atoms with Crippen LogP contribution in [0.1, 0.15) is 63.8 Å². The molecule has 0 aliphatic carbocycles. The van der Waals surface area contributed by atoms with Gasteiger partial charge in [0, 0.05) is 0 Å². The number of hydrogen-bond donors (Lipinski definition) is 0. The summed E-state index contributed by atoms with van der Waals surface area (Å²) in [5, 5.41) is 5.48. The summed E-state index contributed by atoms with van der Waals surface area (Å²) in [4.78, 5) is 0. The first-order valence-corrected chi connectivity index (χ1v) is 18.1. The molecule has 5 heteroatoms. The summed E-state index contributed by atoms with van der Waals surface area (Å²) < 4.78 is 27.5. The Balaban J connectivity index is 0.000000206. The van der Waals surface area contributed by atoms with E-state index in [0.29, 0.717) is 11.1 Å². The number of halogens is 4. The molecule has 0 spiro atoms. The van der Waals surface area contributed by atoms with Gasteiger partial charge in [-0.25, -0.2) is 8.78 Å². The molecule has 0 atom stereocenters. The minimum absolute atomic E-state index is 0. The van der Waals surface area contributed by atoms with Crippen molar-refractivity contribution in [3.8, 4) is 11.1 Å². The molecule has 0 radical (unpaired) electrons. The Morgan fingerprint density at radius 2 is 1.04 bits per heavy atom. The first-order valence-electron chi connectivity index (χ1n) is 16.3. The molecule has 7 aromatic rings. The van der Waals surface area contributed by atoms with Crippen molar-refractivity contribution in [1.82, 2.24) is 0 Å². The third kappa shape index (κ3) is 10.1. The number of benzene rings is 5. The first kappa shape index (κ1) is 40.9. The molecule has 0 nitrogen and oxygen atoms in total. The van der Waals surface area contributed by atoms with Gasteiger partial charge in [-0.1, -0.05) is 94.6 Å². The average Bonchev–Trinajstić information content (AvgIpc) is 3.74. The fraction of sp³-hybridized carbons (Fsp3) is 0.178. The molecule has 0 N–H and O–H groups in total. The zero-order valence-corrected chi connectivity index (χ0v) is 34.5. The second-order valence-electron chi connectivity index (χ2n) is 14.1. The van der Waals surface area contributed by atoms with E-state index in [4.69, 9.17) is 0 Å². The summed E-state index contributed by atoms with van der Waals surface area (Å²) in [5.41, 5.74) is 6.93. The molecule has 256 valence electrons. The standard InChI is InChI=1S/C21H25.C13H10.C11H7F2.2ClH.Hf/c1-20(2,3)16-7-9-18-14(12-16)11-15-13-17(21(4,5)6)8-10-19(15)18;1-3-7-12(8-4-1)11-13-9-5-2-6-10-13;12-10-7-3-6-9(11(10)13)8-4-1-2-5-8;;;/h7-13H,1-6H3;1-10H;1-7H;2*1H;/q-1;;-1;;;+2/p-2. The Morgan fingerprint density at radius 3 is 1.46 bits per heavy atom. The van der Waals surface area contributed by atoms with Gasteiger partial charge in [0.15, 0.2) is 0 Å². The van der Waals surface area contributed by atoms with E-state index in [1.807, 2.05) is 0 Å². The molecule has 0 aromatic heterocycles. The van der Waals surface area contributed by atoms with E-state index in [9.17, 15) is 8.78 Å². The van der Waals surface area contributed by atoms with E-state index < -0.39 is 11.6 Å². The topological polar surface area (TPSA) is 0 Å². The van der Waals surface area contributed by atoms with Gasteiger partial charge in [-0.2, -0.15) is 18.2 Å². The molecular weight excluding hydrogens is 828 g/mol. The Hall–Kier alpha value is -3.50. The van der Waals surface area contributed by atoms with Crippen molar-refractivity contribution in [2.24, 2.45) is 0 Å². The van der Waals surface area contributed by atoms with E-state index in [0.717, 1.165) is 30.0 Å². The third-order valence-corrected chi connectivity index (χ3v) is 10.6. The molecule has 0 amide bonds. The fourth-order valence-electron chi connectivity index (χ4n) is 5.61. The second-order valence-corrected chi connectivity index (χ2v) is 15.9. The van der Waals surface area contributed by atoms with Crippen LogP contribution < -0.4 is 24.8 Å². The Labute approximate surface area is 323 Å². The minimum atomic E-state index is -0.807. The summed E-state index contributed by atoms with van der Waals surface area (Å²) >= 11 is 1.08. The van der Waals surface area contributed by atoms with Crippen molar-refractivity contribution in [1.29, 1.82) is 0 Å². The van der Waals surface area contributed by atoms with Gasteiger partial charge in [0.2, 0.25) is 0 Å². The van der Waals surface area contributed by atoms with Crippen LogP contribution in [0.5, 0.6) is 0 Å². The van der Waals surface area contributed by atoms with Gasteiger partial charge in [0.25, 0.3) is 0 Å². The molecule has 50 heavy (non-hydrogen) atoms. The SMILES string of the molecule is CC(C)(C)c1ccc2c(c1)[cH-]c1cc(C(C)(C)C)ccc12.Fc1cccc(-c2ccc[cH-]2)c1F.[Cl-].[Cl-].[Hf+2]=[C](c1ccccc1)c1ccccc1. The molecule has 7 rings (SSSR count). The van der Waals surface area contributed by atoms with Crippen molar-refractivity contribution >= 4 is 24.8 Å². The van der Waals surface area contributed by atoms with Crippen LogP contribution in [0.3, 0.4) is 0 Å². The van der Waals surface area contributed by atoms with Crippen LogP contribution in [0.25, 0.3) is 32.7 Å². The quantitative estimate of drug-likeness (QED) is 0.141. The van der Waals surface area contributed by atoms with Crippen LogP contribution >= 0.6 is 0 Å². The molecule has 0 unspecified atom stereocenters. The van der Waals surface area contributed by atoms with E-state index >= 15 is 0 Å². The van der Waals surface area contributed by atoms with E-state index in [2.05, 4.69) is 145 Å². The maximum atomic E-state index is 13.2. The monoisotopic (exact) mass is 870 g/mol. The number of hydrogen-bond acceptors (Lipinski definition) is 0. The Bertz CT molecular complexity index is 2010. The van der Waals surface area contributed by atoms with Crippen LogP contribution in [0, 0.1) is 11.6 Å². The van der Waals surface area contributed by atoms with E-state index in [1.165, 1.54) is 53.1 Å². The summed E-state index contributed by atoms with van der Waals surface area (Å²) in [5.74, 6) is -1.59. The normalized spacial score (nSPS) is 11.0. The summed E-state index contributed by atoms with van der Waals surface area (Å²) in [6.07, 6.45) is 0. The fourth-order valence-corrected chi connectivity index (χ4v) is 6.81. The molecule has 0 bridgehead atoms. The van der Waals surface area contributed by atoms with Gasteiger partial charge >= 0.3 is 98.9 Å². The Kier molecular flexibility index (Phi) is 14.4. The molecule has 0 saturated carbocycles. The zero-order valence-electron chi connectivity index (χ0n) is 29.4. The molecular formula is C45H42Cl2F2Hf-2. The predicted molar refractivity (Wildman–Crippen MR) is 198 cm³/mol. The number of rotatable bonds is 3. The molecule has 0 aliphatic heterocycles. The van der Waals surface area contributed by atoms with Crippen LogP contribution in [-0.2, 0) is 34.7 Å². The van der Waals surface area contributed by atoms with Crippen LogP contribution in [0.15, 0.2) is 146 Å². The van der Waals surface area contributed by atoms with Crippen LogP contribution in [0.4, 0.5) is 8.78 Å². The van der Waals surface area contributed by atoms with Crippen LogP contribution in [-0.4, -0.2) is 3.26 Å². The van der Waals surface area contributed by atoms with Crippen molar-refractivity contribution in [3.63, 3.8) is 0 Å². The third-order valence-electron chi connectivity index (χ3n) is 8.49. The Morgan fingerprint density at radius 1 is 0.560 bits per heavy atom. The van der Waals surface area contributed by atoms with Gasteiger partial charge in [-0.15, -0.1) is 51.4 Å². The molecule has 0 fully saturated rings. The van der Waals surface area contributed by atoms with Gasteiger partial charge in [-0.05, 0) is 16.9 Å². The average molecular weight is 870 g/mol.